The molecule has 4 aromatic rings. The summed E-state index contributed by atoms with van der Waals surface area (Å²) in [4.78, 5) is 18.1. The normalized spacial score (nSPS) is 27.0. The van der Waals surface area contributed by atoms with Gasteiger partial charge in [-0.3, -0.25) is 4.90 Å². The minimum absolute atomic E-state index is 0.0165. The second kappa shape index (κ2) is 10.3. The first kappa shape index (κ1) is 27.5. The van der Waals surface area contributed by atoms with Gasteiger partial charge in [0.25, 0.3) is 0 Å². The molecule has 4 saturated heterocycles. The highest BCUT2D eigenvalue weighted by molar-refractivity contribution is 6.37. The standard InChI is InChI=1S/C31H30Cl2F2N6O2/c32-22-4-1-3-16-9-20(42)10-21(23(16)22)26-25(35)27-24(28(33)37-26)29(40-13-18-5-6-19(14-40)36-18)39-30(38-27)43-15-31-7-2-8-41(31)12-17(34)11-31/h1,3-4,9-10,17-19,36,42H,2,5-8,11-15H2/t17-,18?,19?,31+/m1/s1. The lowest BCUT2D eigenvalue weighted by molar-refractivity contribution is 0.107. The van der Waals surface area contributed by atoms with E-state index in [0.29, 0.717) is 58.6 Å². The number of ether oxygens (including phenoxy) is 1. The average molecular weight is 628 g/mol. The first-order chi connectivity index (χ1) is 20.8. The van der Waals surface area contributed by atoms with E-state index in [9.17, 15) is 9.50 Å². The number of fused-ring (bicyclic) bond motifs is 5. The van der Waals surface area contributed by atoms with Crippen molar-refractivity contribution in [2.24, 2.45) is 0 Å². The highest BCUT2D eigenvalue weighted by Gasteiger charge is 2.49. The lowest BCUT2D eigenvalue weighted by Gasteiger charge is -2.34. The van der Waals surface area contributed by atoms with Crippen molar-refractivity contribution in [2.75, 3.05) is 37.7 Å². The van der Waals surface area contributed by atoms with Crippen LogP contribution in [0.2, 0.25) is 10.2 Å². The number of aromatic nitrogens is 3. The lowest BCUT2D eigenvalue weighted by atomic mass is 9.95. The zero-order valence-corrected chi connectivity index (χ0v) is 24.8. The van der Waals surface area contributed by atoms with Gasteiger partial charge in [-0.15, -0.1) is 0 Å². The van der Waals surface area contributed by atoms with E-state index >= 15 is 4.39 Å². The predicted octanol–water partition coefficient (Wildman–Crippen LogP) is 5.89. The largest absolute Gasteiger partial charge is 0.508 e. The van der Waals surface area contributed by atoms with E-state index in [2.05, 4.69) is 25.1 Å². The second-order valence-corrected chi connectivity index (χ2v) is 13.1. The summed E-state index contributed by atoms with van der Waals surface area (Å²) in [5.41, 5.74) is -0.229. The Balaban J connectivity index is 1.29. The minimum atomic E-state index is -0.901. The highest BCUT2D eigenvalue weighted by atomic mass is 35.5. The molecule has 2 bridgehead atoms. The summed E-state index contributed by atoms with van der Waals surface area (Å²) in [7, 11) is 0. The number of nitrogens with zero attached hydrogens (tertiary/aromatic N) is 5. The lowest BCUT2D eigenvalue weighted by Crippen LogP contribution is -2.51. The molecule has 2 aromatic heterocycles. The molecule has 43 heavy (non-hydrogen) atoms. The van der Waals surface area contributed by atoms with Gasteiger partial charge >= 0.3 is 6.01 Å². The third-order valence-electron chi connectivity index (χ3n) is 9.61. The van der Waals surface area contributed by atoms with E-state index in [0.717, 1.165) is 32.2 Å². The number of hydrogen-bond donors (Lipinski definition) is 2. The Morgan fingerprint density at radius 1 is 1.07 bits per heavy atom. The highest BCUT2D eigenvalue weighted by Crippen LogP contribution is 2.43. The third-order valence-corrected chi connectivity index (χ3v) is 10.2. The summed E-state index contributed by atoms with van der Waals surface area (Å²) in [6, 6.07) is 8.83. The van der Waals surface area contributed by atoms with Crippen molar-refractivity contribution in [3.63, 3.8) is 0 Å². The molecule has 0 spiro atoms. The number of rotatable bonds is 5. The fourth-order valence-electron chi connectivity index (χ4n) is 7.74. The molecule has 4 atom stereocenters. The van der Waals surface area contributed by atoms with E-state index < -0.39 is 17.5 Å². The molecule has 224 valence electrons. The van der Waals surface area contributed by atoms with Crippen LogP contribution < -0.4 is 15.0 Å². The first-order valence-corrected chi connectivity index (χ1v) is 15.5. The number of phenols is 1. The molecule has 4 aliphatic heterocycles. The molecule has 0 radical (unpaired) electrons. The van der Waals surface area contributed by atoms with Gasteiger partial charge in [-0.25, -0.2) is 13.8 Å². The van der Waals surface area contributed by atoms with Crippen molar-refractivity contribution >= 4 is 50.7 Å². The van der Waals surface area contributed by atoms with Crippen molar-refractivity contribution in [2.45, 2.75) is 55.9 Å². The smallest absolute Gasteiger partial charge is 0.319 e. The molecule has 4 fully saturated rings. The number of benzene rings is 2. The van der Waals surface area contributed by atoms with Gasteiger partial charge in [-0.2, -0.15) is 9.97 Å². The number of phenolic OH excluding ortho intramolecular Hbond substituents is 1. The quantitative estimate of drug-likeness (QED) is 0.265. The summed E-state index contributed by atoms with van der Waals surface area (Å²) in [6.45, 7) is 2.80. The number of pyridine rings is 1. The molecule has 0 saturated carbocycles. The number of alkyl halides is 1. The van der Waals surface area contributed by atoms with Gasteiger partial charge < -0.3 is 20.1 Å². The molecule has 2 unspecified atom stereocenters. The van der Waals surface area contributed by atoms with Crippen LogP contribution in [0.25, 0.3) is 32.9 Å². The molecular weight excluding hydrogens is 597 g/mol. The van der Waals surface area contributed by atoms with Gasteiger partial charge in [0.15, 0.2) is 5.82 Å². The Morgan fingerprint density at radius 3 is 2.70 bits per heavy atom. The molecule has 2 aromatic carbocycles. The van der Waals surface area contributed by atoms with Gasteiger partial charge in [0.05, 0.1) is 10.9 Å². The van der Waals surface area contributed by atoms with Crippen LogP contribution in [-0.4, -0.2) is 81.5 Å². The van der Waals surface area contributed by atoms with Crippen molar-refractivity contribution in [3.8, 4) is 23.0 Å². The molecule has 0 amide bonds. The van der Waals surface area contributed by atoms with Crippen LogP contribution in [0.4, 0.5) is 14.6 Å². The SMILES string of the molecule is Oc1cc(-c2nc(Cl)c3c(N4CC5CCC(C4)N5)nc(OC[C@@]45CCCN4C[C@H](F)C5)nc3c2F)c2c(Cl)cccc2c1. The van der Waals surface area contributed by atoms with Crippen LogP contribution in [0.1, 0.15) is 32.1 Å². The Hall–Kier alpha value is -3.05. The van der Waals surface area contributed by atoms with E-state index in [4.69, 9.17) is 32.9 Å². The number of aromatic hydroxyl groups is 1. The molecule has 8 rings (SSSR count). The fraction of sp³-hybridized carbons (Fsp3) is 0.452. The number of nitrogens with one attached hydrogen (secondary N) is 1. The van der Waals surface area contributed by atoms with E-state index in [1.54, 1.807) is 24.3 Å². The Labute approximate surface area is 257 Å². The van der Waals surface area contributed by atoms with E-state index in [-0.39, 0.29) is 46.8 Å². The summed E-state index contributed by atoms with van der Waals surface area (Å²) >= 11 is 13.4. The van der Waals surface area contributed by atoms with Crippen LogP contribution in [0.15, 0.2) is 30.3 Å². The molecule has 0 aliphatic carbocycles. The fourth-order valence-corrected chi connectivity index (χ4v) is 8.28. The zero-order chi connectivity index (χ0) is 29.5. The maximum atomic E-state index is 16.7. The maximum absolute atomic E-state index is 16.7. The van der Waals surface area contributed by atoms with Gasteiger partial charge in [-0.05, 0) is 55.8 Å². The molecular formula is C31H30Cl2F2N6O2. The molecule has 12 heteroatoms. The van der Waals surface area contributed by atoms with Crippen LogP contribution >= 0.6 is 23.2 Å². The van der Waals surface area contributed by atoms with Crippen LogP contribution in [0.3, 0.4) is 0 Å². The van der Waals surface area contributed by atoms with Gasteiger partial charge in [0.1, 0.15) is 40.7 Å². The zero-order valence-electron chi connectivity index (χ0n) is 23.3. The molecule has 4 aliphatic rings. The monoisotopic (exact) mass is 626 g/mol. The Bertz CT molecular complexity index is 1770. The second-order valence-electron chi connectivity index (χ2n) is 12.4. The number of anilines is 1. The predicted molar refractivity (Wildman–Crippen MR) is 163 cm³/mol. The Kier molecular flexibility index (Phi) is 6.56. The minimum Gasteiger partial charge on any atom is -0.508 e. The summed E-state index contributed by atoms with van der Waals surface area (Å²) in [5.74, 6) is -0.312. The van der Waals surface area contributed by atoms with E-state index in [1.165, 1.54) is 6.07 Å². The van der Waals surface area contributed by atoms with Crippen molar-refractivity contribution in [1.29, 1.82) is 0 Å². The van der Waals surface area contributed by atoms with Crippen LogP contribution in [-0.2, 0) is 0 Å². The van der Waals surface area contributed by atoms with Crippen molar-refractivity contribution < 1.29 is 18.6 Å². The third kappa shape index (κ3) is 4.56. The van der Waals surface area contributed by atoms with Gasteiger partial charge in [-0.1, -0.05) is 35.3 Å². The Morgan fingerprint density at radius 2 is 1.88 bits per heavy atom. The molecule has 2 N–H and O–H groups in total. The first-order valence-electron chi connectivity index (χ1n) is 14.8. The van der Waals surface area contributed by atoms with Crippen molar-refractivity contribution in [1.82, 2.24) is 25.2 Å². The van der Waals surface area contributed by atoms with Crippen LogP contribution in [0.5, 0.6) is 11.8 Å². The number of halogens is 4. The van der Waals surface area contributed by atoms with Gasteiger partial charge in [0.2, 0.25) is 0 Å². The molecule has 8 nitrogen and oxygen atoms in total. The molecule has 6 heterocycles. The summed E-state index contributed by atoms with van der Waals surface area (Å²) in [6.07, 6.45) is 3.40. The van der Waals surface area contributed by atoms with Gasteiger partial charge in [0, 0.05) is 54.1 Å². The average Bonchev–Trinajstić information content (AvgIpc) is 3.63. The summed E-state index contributed by atoms with van der Waals surface area (Å²) < 4.78 is 37.4. The topological polar surface area (TPSA) is 86.6 Å². The number of hydrogen-bond acceptors (Lipinski definition) is 8. The summed E-state index contributed by atoms with van der Waals surface area (Å²) in [5, 5.41) is 16.0. The van der Waals surface area contributed by atoms with Crippen LogP contribution in [0, 0.1) is 5.82 Å². The van der Waals surface area contributed by atoms with E-state index in [1.807, 2.05) is 0 Å². The maximum Gasteiger partial charge on any atom is 0.319 e. The number of piperazine rings is 1. The van der Waals surface area contributed by atoms with Crippen molar-refractivity contribution in [3.05, 3.63) is 46.3 Å².